The SMILES string of the molecule is NC(N)=NCCC[C@H](NC(=O)CNC(=O)CNC(=O)OCc1ccccc1)C(=O)Nc1ccc2c(C(F)(F)F)cc(=O)oc2c1. The van der Waals surface area contributed by atoms with Crippen LogP contribution in [0.25, 0.3) is 11.0 Å². The molecular weight excluding hydrogens is 603 g/mol. The summed E-state index contributed by atoms with van der Waals surface area (Å²) in [5.41, 5.74) is 8.49. The highest BCUT2D eigenvalue weighted by Gasteiger charge is 2.34. The van der Waals surface area contributed by atoms with Gasteiger partial charge in [-0.05, 0) is 30.5 Å². The highest BCUT2D eigenvalue weighted by atomic mass is 19.4. The zero-order valence-corrected chi connectivity index (χ0v) is 23.6. The first-order chi connectivity index (χ1) is 21.3. The molecule has 0 aliphatic carbocycles. The lowest BCUT2D eigenvalue weighted by atomic mass is 10.1. The standard InChI is InChI=1S/C28H30F3N7O7/c29-28(30,31)19-12-24(41)45-21-11-17(8-9-18(19)21)37-25(42)20(7-4-10-34-26(32)33)38-23(40)14-35-22(39)13-36-27(43)44-15-16-5-2-1-3-6-16/h1-3,5-6,8-9,11-12,20H,4,7,10,13-15H2,(H,35,39)(H,36,43)(H,37,42)(H,38,40)(H4,32,33,34)/t20-/m0/s1. The molecule has 240 valence electrons. The molecule has 0 saturated carbocycles. The molecule has 0 fully saturated rings. The van der Waals surface area contributed by atoms with E-state index in [0.717, 1.165) is 17.7 Å². The van der Waals surface area contributed by atoms with Gasteiger partial charge in [0.15, 0.2) is 5.96 Å². The largest absolute Gasteiger partial charge is 0.445 e. The molecule has 3 rings (SSSR count). The Hall–Kier alpha value is -5.61. The van der Waals surface area contributed by atoms with Gasteiger partial charge < -0.3 is 41.9 Å². The number of nitrogens with one attached hydrogen (secondary N) is 4. The van der Waals surface area contributed by atoms with E-state index in [1.165, 1.54) is 6.07 Å². The zero-order valence-electron chi connectivity index (χ0n) is 23.6. The van der Waals surface area contributed by atoms with Gasteiger partial charge in [0.05, 0.1) is 12.1 Å². The summed E-state index contributed by atoms with van der Waals surface area (Å²) in [6.45, 7) is -0.937. The van der Waals surface area contributed by atoms with Crippen molar-refractivity contribution in [2.24, 2.45) is 16.5 Å². The number of ether oxygens (including phenoxy) is 1. The maximum Gasteiger partial charge on any atom is 0.417 e. The fraction of sp³-hybridized carbons (Fsp3) is 0.286. The second kappa shape index (κ2) is 15.7. The number of rotatable bonds is 13. The van der Waals surface area contributed by atoms with Crippen molar-refractivity contribution in [1.29, 1.82) is 0 Å². The van der Waals surface area contributed by atoms with Gasteiger partial charge >= 0.3 is 17.9 Å². The zero-order chi connectivity index (χ0) is 33.0. The van der Waals surface area contributed by atoms with Crippen LogP contribution in [0.2, 0.25) is 0 Å². The molecule has 45 heavy (non-hydrogen) atoms. The molecule has 0 aliphatic heterocycles. The van der Waals surface area contributed by atoms with Gasteiger partial charge in [0.2, 0.25) is 17.7 Å². The lowest BCUT2D eigenvalue weighted by Crippen LogP contribution is -2.48. The number of carbonyl (C=O) groups excluding carboxylic acids is 4. The molecule has 2 aromatic carbocycles. The molecule has 1 aromatic heterocycles. The third-order valence-corrected chi connectivity index (χ3v) is 5.97. The Morgan fingerprint density at radius 3 is 2.36 bits per heavy atom. The van der Waals surface area contributed by atoms with Crippen molar-refractivity contribution in [2.45, 2.75) is 31.7 Å². The van der Waals surface area contributed by atoms with Crippen LogP contribution in [0.1, 0.15) is 24.0 Å². The number of benzene rings is 2. The van der Waals surface area contributed by atoms with Gasteiger partial charge in [-0.1, -0.05) is 30.3 Å². The summed E-state index contributed by atoms with van der Waals surface area (Å²) in [4.78, 5) is 65.0. The predicted molar refractivity (Wildman–Crippen MR) is 156 cm³/mol. The second-order valence-corrected chi connectivity index (χ2v) is 9.44. The van der Waals surface area contributed by atoms with Crippen molar-refractivity contribution in [3.05, 3.63) is 76.1 Å². The Labute approximate surface area is 253 Å². The first kappa shape index (κ1) is 33.9. The molecule has 0 bridgehead atoms. The Morgan fingerprint density at radius 2 is 1.67 bits per heavy atom. The van der Waals surface area contributed by atoms with Gasteiger partial charge in [-0.15, -0.1) is 0 Å². The van der Waals surface area contributed by atoms with Crippen LogP contribution >= 0.6 is 0 Å². The molecule has 3 aromatic rings. The van der Waals surface area contributed by atoms with Crippen molar-refractivity contribution in [3.8, 4) is 0 Å². The predicted octanol–water partition coefficient (Wildman–Crippen LogP) is 1.33. The van der Waals surface area contributed by atoms with Gasteiger partial charge in [-0.3, -0.25) is 19.4 Å². The molecule has 0 saturated heterocycles. The lowest BCUT2D eigenvalue weighted by Gasteiger charge is -2.19. The number of alkyl halides is 3. The van der Waals surface area contributed by atoms with Crippen molar-refractivity contribution in [1.82, 2.24) is 16.0 Å². The van der Waals surface area contributed by atoms with E-state index in [1.54, 1.807) is 30.3 Å². The summed E-state index contributed by atoms with van der Waals surface area (Å²) in [5.74, 6) is -2.44. The molecule has 0 aliphatic rings. The number of nitrogens with two attached hydrogens (primary N) is 2. The molecule has 4 amide bonds. The van der Waals surface area contributed by atoms with Crippen molar-refractivity contribution in [2.75, 3.05) is 25.0 Å². The van der Waals surface area contributed by atoms with E-state index < -0.39 is 71.3 Å². The average molecular weight is 634 g/mol. The summed E-state index contributed by atoms with van der Waals surface area (Å²) in [7, 11) is 0. The number of amides is 4. The fourth-order valence-corrected chi connectivity index (χ4v) is 3.89. The van der Waals surface area contributed by atoms with E-state index >= 15 is 0 Å². The Balaban J connectivity index is 1.58. The highest BCUT2D eigenvalue weighted by Crippen LogP contribution is 2.34. The lowest BCUT2D eigenvalue weighted by molar-refractivity contribution is -0.136. The number of hydrogen-bond donors (Lipinski definition) is 6. The molecule has 0 spiro atoms. The highest BCUT2D eigenvalue weighted by molar-refractivity contribution is 5.99. The van der Waals surface area contributed by atoms with Crippen LogP contribution in [0.3, 0.4) is 0 Å². The summed E-state index contributed by atoms with van der Waals surface area (Å²) >= 11 is 0. The molecule has 17 heteroatoms. The maximum atomic E-state index is 13.3. The van der Waals surface area contributed by atoms with E-state index in [4.69, 9.17) is 20.6 Å². The summed E-state index contributed by atoms with van der Waals surface area (Å²) in [5, 5.41) is 9.05. The van der Waals surface area contributed by atoms with Gasteiger partial charge in [-0.25, -0.2) is 9.59 Å². The van der Waals surface area contributed by atoms with Gasteiger partial charge in [0.25, 0.3) is 0 Å². The third-order valence-electron chi connectivity index (χ3n) is 5.97. The van der Waals surface area contributed by atoms with E-state index in [-0.39, 0.29) is 37.6 Å². The van der Waals surface area contributed by atoms with Crippen molar-refractivity contribution in [3.63, 3.8) is 0 Å². The molecule has 14 nitrogen and oxygen atoms in total. The average Bonchev–Trinajstić information content (AvgIpc) is 2.98. The first-order valence-electron chi connectivity index (χ1n) is 13.3. The quantitative estimate of drug-likeness (QED) is 0.0691. The minimum absolute atomic E-state index is 0.00835. The minimum atomic E-state index is -4.82. The van der Waals surface area contributed by atoms with Crippen LogP contribution in [0.15, 0.2) is 68.8 Å². The number of alkyl carbamates (subject to hydrolysis) is 1. The second-order valence-electron chi connectivity index (χ2n) is 9.44. The number of nitrogens with zero attached hydrogens (tertiary/aromatic N) is 1. The Bertz CT molecular complexity index is 1610. The summed E-state index contributed by atoms with van der Waals surface area (Å²) < 4.78 is 49.9. The van der Waals surface area contributed by atoms with E-state index in [9.17, 15) is 37.1 Å². The number of fused-ring (bicyclic) bond motifs is 1. The molecule has 1 atom stereocenters. The number of hydrogen-bond acceptors (Lipinski definition) is 8. The molecule has 0 unspecified atom stereocenters. The number of carbonyl (C=O) groups is 4. The molecule has 8 N–H and O–H groups in total. The van der Waals surface area contributed by atoms with Crippen LogP contribution < -0.4 is 38.4 Å². The van der Waals surface area contributed by atoms with Gasteiger partial charge in [0, 0.05) is 29.8 Å². The van der Waals surface area contributed by atoms with Gasteiger partial charge in [0.1, 0.15) is 24.8 Å². The van der Waals surface area contributed by atoms with Crippen LogP contribution in [-0.4, -0.2) is 55.5 Å². The topological polar surface area (TPSA) is 220 Å². The van der Waals surface area contributed by atoms with E-state index in [1.807, 2.05) is 0 Å². The van der Waals surface area contributed by atoms with E-state index in [0.29, 0.717) is 6.07 Å². The van der Waals surface area contributed by atoms with Crippen molar-refractivity contribution < 1.29 is 41.5 Å². The van der Waals surface area contributed by atoms with Crippen LogP contribution in [0.5, 0.6) is 0 Å². The molecular formula is C28H30F3N7O7. The van der Waals surface area contributed by atoms with Crippen LogP contribution in [0, 0.1) is 0 Å². The van der Waals surface area contributed by atoms with Crippen molar-refractivity contribution >= 4 is 46.4 Å². The number of aliphatic imine (C=N–C) groups is 1. The third kappa shape index (κ3) is 11.2. The maximum absolute atomic E-state index is 13.3. The minimum Gasteiger partial charge on any atom is -0.445 e. The molecule has 0 radical (unpaired) electrons. The fourth-order valence-electron chi connectivity index (χ4n) is 3.89. The smallest absolute Gasteiger partial charge is 0.417 e. The number of guanidine groups is 1. The number of halogens is 3. The number of anilines is 1. The van der Waals surface area contributed by atoms with Crippen LogP contribution in [-0.2, 0) is 31.9 Å². The van der Waals surface area contributed by atoms with E-state index in [2.05, 4.69) is 26.3 Å². The summed E-state index contributed by atoms with van der Waals surface area (Å²) in [6, 6.07) is 11.2. The monoisotopic (exact) mass is 633 g/mol. The Kier molecular flexibility index (Phi) is 11.9. The first-order valence-corrected chi connectivity index (χ1v) is 13.3. The van der Waals surface area contributed by atoms with Gasteiger partial charge in [-0.2, -0.15) is 13.2 Å². The normalized spacial score (nSPS) is 11.6. The van der Waals surface area contributed by atoms with Crippen LogP contribution in [0.4, 0.5) is 23.7 Å². The molecule has 1 heterocycles. The summed E-state index contributed by atoms with van der Waals surface area (Å²) in [6.07, 6.45) is -5.41. The Morgan fingerprint density at radius 1 is 0.956 bits per heavy atom.